The average molecular weight is 647 g/mol. The van der Waals surface area contributed by atoms with Gasteiger partial charge in [0.25, 0.3) is 5.91 Å². The van der Waals surface area contributed by atoms with Crippen molar-refractivity contribution in [1.29, 1.82) is 0 Å². The third kappa shape index (κ3) is 5.94. The topological polar surface area (TPSA) is 92.8 Å². The molecule has 0 atom stereocenters. The number of hydrogen-bond donors (Lipinski definition) is 2. The first-order valence-corrected chi connectivity index (χ1v) is 13.4. The number of rotatable bonds is 7. The second kappa shape index (κ2) is 11.7. The highest BCUT2D eigenvalue weighted by atomic mass is 79.9. The van der Waals surface area contributed by atoms with E-state index in [1.54, 1.807) is 42.5 Å². The van der Waals surface area contributed by atoms with Crippen LogP contribution in [0.25, 0.3) is 22.0 Å². The van der Waals surface area contributed by atoms with Gasteiger partial charge < -0.3 is 14.5 Å². The molecule has 0 aliphatic rings. The van der Waals surface area contributed by atoms with Crippen LogP contribution >= 0.6 is 31.9 Å². The minimum atomic E-state index is -0.549. The van der Waals surface area contributed by atoms with Crippen molar-refractivity contribution in [2.24, 2.45) is 5.10 Å². The lowest BCUT2D eigenvalue weighted by Crippen LogP contribution is -2.19. The molecule has 0 saturated carbocycles. The molecule has 0 bridgehead atoms. The Morgan fingerprint density at radius 1 is 0.897 bits per heavy atom. The lowest BCUT2D eigenvalue weighted by molar-refractivity contribution is 0.0733. The fourth-order valence-corrected chi connectivity index (χ4v) is 4.82. The van der Waals surface area contributed by atoms with E-state index in [-0.39, 0.29) is 5.75 Å². The molecule has 0 saturated heterocycles. The van der Waals surface area contributed by atoms with E-state index in [0.717, 1.165) is 31.0 Å². The molecular formula is C30H21Br2N3O4. The van der Waals surface area contributed by atoms with Crippen molar-refractivity contribution < 1.29 is 19.1 Å². The number of fused-ring (bicyclic) bond motifs is 1. The van der Waals surface area contributed by atoms with Crippen molar-refractivity contribution in [2.75, 3.05) is 7.11 Å². The van der Waals surface area contributed by atoms with Gasteiger partial charge in [0.1, 0.15) is 17.2 Å². The third-order valence-corrected chi connectivity index (χ3v) is 6.89. The fraction of sp³-hybridized carbons (Fsp3) is 0.0333. The van der Waals surface area contributed by atoms with E-state index >= 15 is 0 Å². The van der Waals surface area contributed by atoms with Crippen molar-refractivity contribution in [2.45, 2.75) is 0 Å². The van der Waals surface area contributed by atoms with Gasteiger partial charge in [0.05, 0.1) is 18.9 Å². The number of aromatic amines is 1. The quantitative estimate of drug-likeness (QED) is 0.0837. The molecule has 7 nitrogen and oxygen atoms in total. The van der Waals surface area contributed by atoms with Gasteiger partial charge in [-0.05, 0) is 60.2 Å². The minimum absolute atomic E-state index is 0.282. The molecule has 194 valence electrons. The molecule has 5 aromatic rings. The molecule has 39 heavy (non-hydrogen) atoms. The highest BCUT2D eigenvalue weighted by molar-refractivity contribution is 9.10. The molecule has 0 aliphatic carbocycles. The number of carbonyl (C=O) groups excluding carboxylic acids is 2. The maximum atomic E-state index is 13.3. The molecule has 0 aliphatic heterocycles. The van der Waals surface area contributed by atoms with Crippen LogP contribution in [-0.4, -0.2) is 30.2 Å². The maximum Gasteiger partial charge on any atom is 0.343 e. The first-order valence-electron chi connectivity index (χ1n) is 11.8. The SMILES string of the molecule is COc1cccc(C(=O)Oc2ccc(Br)cc2C=NNC(=O)c2[nH]c3ccc(Br)cc3c2-c2ccccc2)c1. The number of nitrogens with zero attached hydrogens (tertiary/aromatic N) is 1. The summed E-state index contributed by atoms with van der Waals surface area (Å²) in [7, 11) is 1.53. The standard InChI is InChI=1S/C30H21Br2N3O4/c1-38-23-9-5-8-19(15-23)30(37)39-26-13-11-21(31)14-20(26)17-33-35-29(36)28-27(18-6-3-2-4-7-18)24-16-22(32)10-12-25(24)34-28/h2-17,34H,1H3,(H,35,36). The van der Waals surface area contributed by atoms with Gasteiger partial charge in [0.2, 0.25) is 0 Å². The van der Waals surface area contributed by atoms with Gasteiger partial charge in [-0.3, -0.25) is 4.79 Å². The largest absolute Gasteiger partial charge is 0.497 e. The van der Waals surface area contributed by atoms with Gasteiger partial charge in [-0.25, -0.2) is 10.2 Å². The Morgan fingerprint density at radius 2 is 1.67 bits per heavy atom. The van der Waals surface area contributed by atoms with Crippen molar-refractivity contribution in [3.63, 3.8) is 0 Å². The fourth-order valence-electron chi connectivity index (χ4n) is 4.08. The lowest BCUT2D eigenvalue weighted by atomic mass is 10.0. The smallest absolute Gasteiger partial charge is 0.343 e. The number of methoxy groups -OCH3 is 1. The number of aromatic nitrogens is 1. The summed E-state index contributed by atoms with van der Waals surface area (Å²) in [6.07, 6.45) is 1.43. The zero-order valence-corrected chi connectivity index (χ0v) is 23.7. The molecule has 0 unspecified atom stereocenters. The first-order chi connectivity index (χ1) is 18.9. The summed E-state index contributed by atoms with van der Waals surface area (Å²) in [5.41, 5.74) is 6.30. The van der Waals surface area contributed by atoms with Gasteiger partial charge in [0, 0.05) is 31.0 Å². The van der Waals surface area contributed by atoms with Crippen molar-refractivity contribution in [3.05, 3.63) is 117 Å². The molecular weight excluding hydrogens is 626 g/mol. The Kier molecular flexibility index (Phi) is 7.90. The van der Waals surface area contributed by atoms with Gasteiger partial charge >= 0.3 is 5.97 Å². The summed E-state index contributed by atoms with van der Waals surface area (Å²) in [6, 6.07) is 27.3. The van der Waals surface area contributed by atoms with Crippen LogP contribution in [0.1, 0.15) is 26.4 Å². The van der Waals surface area contributed by atoms with Crippen LogP contribution < -0.4 is 14.9 Å². The number of hydrogen-bond acceptors (Lipinski definition) is 5. The Labute approximate surface area is 241 Å². The minimum Gasteiger partial charge on any atom is -0.497 e. The van der Waals surface area contributed by atoms with Crippen molar-refractivity contribution >= 4 is 60.9 Å². The second-order valence-electron chi connectivity index (χ2n) is 8.43. The Balaban J connectivity index is 1.40. The van der Waals surface area contributed by atoms with E-state index < -0.39 is 11.9 Å². The Bertz CT molecular complexity index is 1710. The monoisotopic (exact) mass is 645 g/mol. The van der Waals surface area contributed by atoms with Crippen LogP contribution in [0.5, 0.6) is 11.5 Å². The lowest BCUT2D eigenvalue weighted by Gasteiger charge is -2.09. The molecule has 2 N–H and O–H groups in total. The normalized spacial score (nSPS) is 11.1. The van der Waals surface area contributed by atoms with Crippen LogP contribution in [-0.2, 0) is 0 Å². The van der Waals surface area contributed by atoms with Crippen molar-refractivity contribution in [1.82, 2.24) is 10.4 Å². The Morgan fingerprint density at radius 3 is 2.46 bits per heavy atom. The van der Waals surface area contributed by atoms with E-state index in [1.165, 1.54) is 13.3 Å². The second-order valence-corrected chi connectivity index (χ2v) is 10.3. The maximum absolute atomic E-state index is 13.3. The van der Waals surface area contributed by atoms with Crippen LogP contribution in [0.2, 0.25) is 0 Å². The highest BCUT2D eigenvalue weighted by Crippen LogP contribution is 2.34. The van der Waals surface area contributed by atoms with Crippen LogP contribution in [0.3, 0.4) is 0 Å². The summed E-state index contributed by atoms with van der Waals surface area (Å²) >= 11 is 6.95. The number of H-pyrrole nitrogens is 1. The number of hydrazone groups is 1. The number of nitrogens with one attached hydrogen (secondary N) is 2. The van der Waals surface area contributed by atoms with Gasteiger partial charge in [-0.15, -0.1) is 0 Å². The highest BCUT2D eigenvalue weighted by Gasteiger charge is 2.19. The predicted octanol–water partition coefficient (Wildman–Crippen LogP) is 7.35. The molecule has 1 aromatic heterocycles. The number of amides is 1. The van der Waals surface area contributed by atoms with E-state index in [9.17, 15) is 9.59 Å². The molecule has 1 amide bonds. The predicted molar refractivity (Wildman–Crippen MR) is 159 cm³/mol. The summed E-state index contributed by atoms with van der Waals surface area (Å²) in [5, 5.41) is 5.07. The average Bonchev–Trinajstić information content (AvgIpc) is 3.33. The zero-order valence-electron chi connectivity index (χ0n) is 20.6. The van der Waals surface area contributed by atoms with E-state index in [4.69, 9.17) is 9.47 Å². The number of ether oxygens (including phenoxy) is 2. The summed E-state index contributed by atoms with van der Waals surface area (Å²) in [4.78, 5) is 29.3. The van der Waals surface area contributed by atoms with Gasteiger partial charge in [-0.2, -0.15) is 5.10 Å². The van der Waals surface area contributed by atoms with Crippen LogP contribution in [0.4, 0.5) is 0 Å². The van der Waals surface area contributed by atoms with E-state index in [2.05, 4.69) is 47.4 Å². The van der Waals surface area contributed by atoms with Crippen molar-refractivity contribution in [3.8, 4) is 22.6 Å². The zero-order chi connectivity index (χ0) is 27.4. The molecule has 4 aromatic carbocycles. The number of benzene rings is 4. The van der Waals surface area contributed by atoms with E-state index in [1.807, 2.05) is 48.5 Å². The molecule has 9 heteroatoms. The molecule has 0 spiro atoms. The summed E-state index contributed by atoms with van der Waals surface area (Å²) in [5.74, 6) is -0.137. The van der Waals surface area contributed by atoms with Crippen LogP contribution in [0, 0.1) is 0 Å². The molecule has 1 heterocycles. The van der Waals surface area contributed by atoms with Gasteiger partial charge in [-0.1, -0.05) is 68.3 Å². The van der Waals surface area contributed by atoms with E-state index in [0.29, 0.717) is 22.6 Å². The first kappa shape index (κ1) is 26.4. The Hall–Kier alpha value is -4.21. The number of halogens is 2. The van der Waals surface area contributed by atoms with Crippen LogP contribution in [0.15, 0.2) is 105 Å². The summed E-state index contributed by atoms with van der Waals surface area (Å²) in [6.45, 7) is 0. The number of carbonyl (C=O) groups is 2. The molecule has 0 radical (unpaired) electrons. The molecule has 0 fully saturated rings. The third-order valence-electron chi connectivity index (χ3n) is 5.90. The molecule has 5 rings (SSSR count). The number of esters is 1. The van der Waals surface area contributed by atoms with Gasteiger partial charge in [0.15, 0.2) is 0 Å². The summed E-state index contributed by atoms with van der Waals surface area (Å²) < 4.78 is 12.5.